The molecule has 8 rings (SSSR count). The summed E-state index contributed by atoms with van der Waals surface area (Å²) in [5.74, 6) is -0.0255. The number of hydrogen-bond donors (Lipinski definition) is 1. The second kappa shape index (κ2) is 10.7. The lowest BCUT2D eigenvalue weighted by Crippen LogP contribution is -2.62. The van der Waals surface area contributed by atoms with Crippen LogP contribution < -0.4 is 5.32 Å². The highest BCUT2D eigenvalue weighted by Gasteiger charge is 2.61. The van der Waals surface area contributed by atoms with Crippen molar-refractivity contribution in [3.8, 4) is 0 Å². The number of amidine groups is 1. The maximum atomic E-state index is 15.0. The quantitative estimate of drug-likeness (QED) is 0.392. The first kappa shape index (κ1) is 30.7. The Bertz CT molecular complexity index is 1710. The first-order chi connectivity index (χ1) is 21.9. The molecule has 242 valence electrons. The molecule has 2 saturated carbocycles. The minimum absolute atomic E-state index is 0.0405. The van der Waals surface area contributed by atoms with Crippen LogP contribution in [-0.2, 0) is 15.1 Å². The highest BCUT2D eigenvalue weighted by atomic mass is 35.5. The Kier molecular flexibility index (Phi) is 7.11. The molecule has 2 aliphatic carbocycles. The molecule has 6 atom stereocenters. The van der Waals surface area contributed by atoms with Gasteiger partial charge in [0.25, 0.3) is 5.91 Å². The van der Waals surface area contributed by atoms with E-state index >= 15 is 4.39 Å². The van der Waals surface area contributed by atoms with Crippen LogP contribution in [-0.4, -0.2) is 73.9 Å². The van der Waals surface area contributed by atoms with Gasteiger partial charge in [-0.15, -0.1) is 0 Å². The SMILES string of the molecule is CC(C)C1=C(C(=O)N2C[C@@H]3C[C@@H]3[C@H]2C(=O)N2CC3(CC3)NC[C@@H]2C)SC2=N[C@@](C)(c3ccc(Cl)nc3)[C@@H](c3ccc(Cl)c(F)c3)N21. The van der Waals surface area contributed by atoms with Crippen molar-refractivity contribution in [2.75, 3.05) is 19.6 Å². The number of piperidine rings is 1. The van der Waals surface area contributed by atoms with Gasteiger partial charge < -0.3 is 20.0 Å². The van der Waals surface area contributed by atoms with Crippen LogP contribution in [0.25, 0.3) is 0 Å². The Balaban J connectivity index is 1.17. The van der Waals surface area contributed by atoms with Crippen molar-refractivity contribution in [1.82, 2.24) is 25.0 Å². The number of rotatable bonds is 5. The first-order valence-electron chi connectivity index (χ1n) is 16.2. The van der Waals surface area contributed by atoms with Crippen LogP contribution in [0, 0.1) is 23.6 Å². The molecule has 1 N–H and O–H groups in total. The number of pyridine rings is 1. The maximum Gasteiger partial charge on any atom is 0.263 e. The molecule has 46 heavy (non-hydrogen) atoms. The van der Waals surface area contributed by atoms with Gasteiger partial charge in [-0.25, -0.2) is 14.4 Å². The molecule has 6 aliphatic rings. The predicted octanol–water partition coefficient (Wildman–Crippen LogP) is 5.97. The van der Waals surface area contributed by atoms with E-state index < -0.39 is 23.4 Å². The van der Waals surface area contributed by atoms with Crippen molar-refractivity contribution in [2.45, 2.75) is 76.2 Å². The maximum absolute atomic E-state index is 15.0. The number of hydrogen-bond acceptors (Lipinski definition) is 7. The van der Waals surface area contributed by atoms with Crippen molar-refractivity contribution >= 4 is 51.9 Å². The number of thioether (sulfide) groups is 1. The largest absolute Gasteiger partial charge is 0.335 e. The average Bonchev–Trinajstić information content (AvgIpc) is 3.86. The number of nitrogens with zero attached hydrogens (tertiary/aromatic N) is 5. The molecule has 8 nitrogen and oxygen atoms in total. The number of carbonyl (C=O) groups is 2. The summed E-state index contributed by atoms with van der Waals surface area (Å²) in [5, 5.41) is 4.71. The van der Waals surface area contributed by atoms with Gasteiger partial charge in [0.2, 0.25) is 5.91 Å². The van der Waals surface area contributed by atoms with Crippen LogP contribution in [0.4, 0.5) is 4.39 Å². The summed E-state index contributed by atoms with van der Waals surface area (Å²) in [7, 11) is 0. The molecule has 0 bridgehead atoms. The van der Waals surface area contributed by atoms with E-state index in [9.17, 15) is 9.59 Å². The van der Waals surface area contributed by atoms with Crippen molar-refractivity contribution in [3.05, 3.63) is 74.3 Å². The Labute approximate surface area is 282 Å². The van der Waals surface area contributed by atoms with Crippen LogP contribution in [0.5, 0.6) is 0 Å². The van der Waals surface area contributed by atoms with Gasteiger partial charge >= 0.3 is 0 Å². The lowest BCUT2D eigenvalue weighted by Gasteiger charge is -2.42. The molecule has 2 amide bonds. The van der Waals surface area contributed by atoms with Gasteiger partial charge in [-0.3, -0.25) is 9.59 Å². The monoisotopic (exact) mass is 682 g/mol. The fourth-order valence-electron chi connectivity index (χ4n) is 8.07. The van der Waals surface area contributed by atoms with E-state index in [2.05, 4.69) is 36.0 Å². The molecule has 4 aliphatic heterocycles. The third-order valence-electron chi connectivity index (χ3n) is 10.9. The lowest BCUT2D eigenvalue weighted by molar-refractivity contribution is -0.146. The van der Waals surface area contributed by atoms with Gasteiger partial charge in [0.05, 0.1) is 11.1 Å². The zero-order chi connectivity index (χ0) is 32.3. The number of aliphatic imine (C=N–C) groups is 1. The zero-order valence-electron chi connectivity index (χ0n) is 26.3. The van der Waals surface area contributed by atoms with Gasteiger partial charge in [0, 0.05) is 48.7 Å². The summed E-state index contributed by atoms with van der Waals surface area (Å²) in [5.41, 5.74) is 1.53. The molecule has 1 aromatic heterocycles. The minimum atomic E-state index is -0.861. The van der Waals surface area contributed by atoms with Gasteiger partial charge in [0.1, 0.15) is 27.5 Å². The number of amides is 2. The van der Waals surface area contributed by atoms with E-state index in [-0.39, 0.29) is 40.3 Å². The summed E-state index contributed by atoms with van der Waals surface area (Å²) in [6.07, 6.45) is 4.88. The molecule has 5 heterocycles. The number of fused-ring (bicyclic) bond motifs is 2. The van der Waals surface area contributed by atoms with Gasteiger partial charge in [0.15, 0.2) is 5.17 Å². The molecule has 0 unspecified atom stereocenters. The lowest BCUT2D eigenvalue weighted by atomic mass is 9.81. The van der Waals surface area contributed by atoms with E-state index in [0.717, 1.165) is 37.1 Å². The van der Waals surface area contributed by atoms with E-state index in [0.29, 0.717) is 39.8 Å². The third-order valence-corrected chi connectivity index (χ3v) is 12.5. The first-order valence-corrected chi connectivity index (χ1v) is 17.7. The van der Waals surface area contributed by atoms with Gasteiger partial charge in [-0.1, -0.05) is 49.2 Å². The van der Waals surface area contributed by atoms with Crippen LogP contribution in [0.15, 0.2) is 52.1 Å². The fraction of sp³-hybridized carbons (Fsp3) is 0.529. The Hall–Kier alpha value is -2.66. The Morgan fingerprint density at radius 1 is 1.15 bits per heavy atom. The van der Waals surface area contributed by atoms with Crippen LogP contribution >= 0.6 is 35.0 Å². The number of halogens is 3. The molecule has 0 radical (unpaired) electrons. The van der Waals surface area contributed by atoms with E-state index in [1.807, 2.05) is 28.9 Å². The number of nitrogens with one attached hydrogen (secondary N) is 1. The smallest absolute Gasteiger partial charge is 0.263 e. The summed E-state index contributed by atoms with van der Waals surface area (Å²) < 4.78 is 15.0. The highest BCUT2D eigenvalue weighted by Crippen LogP contribution is 2.58. The van der Waals surface area contributed by atoms with Crippen LogP contribution in [0.1, 0.15) is 64.1 Å². The minimum Gasteiger partial charge on any atom is -0.335 e. The molecule has 12 heteroatoms. The summed E-state index contributed by atoms with van der Waals surface area (Å²) in [4.78, 5) is 45.1. The molecular formula is C34H37Cl2FN6O2S. The number of likely N-dealkylation sites (tertiary alicyclic amines) is 1. The topological polar surface area (TPSA) is 81.1 Å². The van der Waals surface area contributed by atoms with Crippen molar-refractivity contribution in [3.63, 3.8) is 0 Å². The van der Waals surface area contributed by atoms with Crippen molar-refractivity contribution < 1.29 is 14.0 Å². The van der Waals surface area contributed by atoms with E-state index in [1.54, 1.807) is 18.3 Å². The van der Waals surface area contributed by atoms with E-state index in [1.165, 1.54) is 17.8 Å². The highest BCUT2D eigenvalue weighted by molar-refractivity contribution is 8.18. The second-order valence-electron chi connectivity index (χ2n) is 14.4. The summed E-state index contributed by atoms with van der Waals surface area (Å²) in [6.45, 7) is 10.3. The number of carbonyl (C=O) groups excluding carboxylic acids is 2. The zero-order valence-corrected chi connectivity index (χ0v) is 28.6. The normalized spacial score (nSPS) is 32.3. The molecule has 1 spiro atoms. The van der Waals surface area contributed by atoms with Crippen molar-refractivity contribution in [2.24, 2.45) is 22.7 Å². The summed E-state index contributed by atoms with van der Waals surface area (Å²) >= 11 is 13.6. The molecular weight excluding hydrogens is 646 g/mol. The summed E-state index contributed by atoms with van der Waals surface area (Å²) in [6, 6.07) is 7.63. The number of allylic oxidation sites excluding steroid dienone is 1. The third kappa shape index (κ3) is 4.72. The molecule has 1 aromatic carbocycles. The van der Waals surface area contributed by atoms with Gasteiger partial charge in [-0.2, -0.15) is 0 Å². The van der Waals surface area contributed by atoms with Crippen molar-refractivity contribution in [1.29, 1.82) is 0 Å². The van der Waals surface area contributed by atoms with Gasteiger partial charge in [-0.05, 0) is 86.4 Å². The van der Waals surface area contributed by atoms with Crippen LogP contribution in [0.3, 0.4) is 0 Å². The second-order valence-corrected chi connectivity index (χ2v) is 16.1. The average molecular weight is 684 g/mol. The Morgan fingerprint density at radius 2 is 1.93 bits per heavy atom. The Morgan fingerprint density at radius 3 is 2.61 bits per heavy atom. The van der Waals surface area contributed by atoms with E-state index in [4.69, 9.17) is 28.2 Å². The fourth-order valence-corrected chi connectivity index (χ4v) is 9.67. The number of piperazine rings is 1. The standard InChI is InChI=1S/C34H37Cl2FN6O2S/c1-17(2)26-28(31(45)41-15-20-11-22(20)27(41)30(44)42-16-34(9-10-34)39-13-18(42)3)46-32-40-33(4,21-6-8-25(36)38-14-21)29(43(26)32)19-5-7-23(35)24(37)12-19/h5-8,12,14,17-18,20,22,27,29,39H,9-11,13,15-16H2,1-4H3/t18-,20-,22-,27-,29+,33-/m0/s1. The predicted molar refractivity (Wildman–Crippen MR) is 178 cm³/mol. The molecule has 2 aromatic rings. The van der Waals surface area contributed by atoms with Crippen LogP contribution in [0.2, 0.25) is 10.2 Å². The molecule has 2 saturated heterocycles. The molecule has 4 fully saturated rings. The number of benzene rings is 1. The number of aromatic nitrogens is 1.